The summed E-state index contributed by atoms with van der Waals surface area (Å²) in [4.78, 5) is 25.4. The van der Waals surface area contributed by atoms with Crippen molar-refractivity contribution in [3.63, 3.8) is 0 Å². The summed E-state index contributed by atoms with van der Waals surface area (Å²) in [6.45, 7) is 1.74. The highest BCUT2D eigenvalue weighted by Gasteiger charge is 2.59. The van der Waals surface area contributed by atoms with Crippen LogP contribution in [0.2, 0.25) is 0 Å². The van der Waals surface area contributed by atoms with E-state index in [0.29, 0.717) is 17.1 Å². The Morgan fingerprint density at radius 1 is 1.09 bits per heavy atom. The zero-order valence-corrected chi connectivity index (χ0v) is 17.9. The second kappa shape index (κ2) is 7.49. The molecule has 5 rings (SSSR count). The third-order valence-corrected chi connectivity index (χ3v) is 6.59. The Labute approximate surface area is 185 Å². The number of anilines is 1. The Hall–Kier alpha value is -3.65. The van der Waals surface area contributed by atoms with Crippen LogP contribution in [0, 0.1) is 6.92 Å². The number of urea groups is 1. The number of hydrogen-bond acceptors (Lipinski definition) is 4. The van der Waals surface area contributed by atoms with Gasteiger partial charge in [0.2, 0.25) is 0 Å². The van der Waals surface area contributed by atoms with Gasteiger partial charge in [-0.15, -0.1) is 0 Å². The molecule has 3 amide bonds. The molecule has 1 aromatic heterocycles. The predicted molar refractivity (Wildman–Crippen MR) is 120 cm³/mol. The van der Waals surface area contributed by atoms with E-state index >= 15 is 0 Å². The van der Waals surface area contributed by atoms with Gasteiger partial charge in [0.05, 0.1) is 17.8 Å². The summed E-state index contributed by atoms with van der Waals surface area (Å²) in [6, 6.07) is 16.2. The minimum atomic E-state index is -0.674. The molecule has 1 heterocycles. The molecule has 1 unspecified atom stereocenters. The van der Waals surface area contributed by atoms with Crippen LogP contribution in [0.5, 0.6) is 0 Å². The summed E-state index contributed by atoms with van der Waals surface area (Å²) >= 11 is 0. The molecule has 1 spiro atoms. The van der Waals surface area contributed by atoms with E-state index < -0.39 is 18.2 Å². The van der Waals surface area contributed by atoms with Crippen molar-refractivity contribution < 1.29 is 14.7 Å². The van der Waals surface area contributed by atoms with Gasteiger partial charge >= 0.3 is 6.03 Å². The van der Waals surface area contributed by atoms with E-state index in [0.717, 1.165) is 24.0 Å². The summed E-state index contributed by atoms with van der Waals surface area (Å²) < 4.78 is 1.54. The number of hydrogen-bond donors (Lipinski definition) is 4. The molecular weight excluding hydrogens is 406 g/mol. The maximum absolute atomic E-state index is 13.1. The van der Waals surface area contributed by atoms with Gasteiger partial charge in [-0.1, -0.05) is 42.5 Å². The van der Waals surface area contributed by atoms with Gasteiger partial charge in [0, 0.05) is 18.0 Å². The fourth-order valence-electron chi connectivity index (χ4n) is 4.74. The van der Waals surface area contributed by atoms with Gasteiger partial charge in [-0.2, -0.15) is 5.10 Å². The highest BCUT2D eigenvalue weighted by molar-refractivity contribution is 5.97. The lowest BCUT2D eigenvalue weighted by atomic mass is 9.97. The predicted octanol–water partition coefficient (Wildman–Crippen LogP) is 2.81. The molecule has 1 saturated carbocycles. The molecule has 8 heteroatoms. The van der Waals surface area contributed by atoms with Crippen LogP contribution < -0.4 is 16.0 Å². The summed E-state index contributed by atoms with van der Waals surface area (Å²) in [5.74, 6) is 0.0608. The molecule has 0 saturated heterocycles. The maximum atomic E-state index is 13.1. The number of aliphatic hydroxyl groups excluding tert-OH is 1. The number of nitrogens with zero attached hydrogens (tertiary/aromatic N) is 2. The van der Waals surface area contributed by atoms with Crippen LogP contribution in [-0.2, 0) is 5.41 Å². The molecule has 4 N–H and O–H groups in total. The highest BCUT2D eigenvalue weighted by atomic mass is 16.3. The quantitative estimate of drug-likeness (QED) is 0.509. The van der Waals surface area contributed by atoms with E-state index in [9.17, 15) is 14.7 Å². The zero-order valence-electron chi connectivity index (χ0n) is 17.9. The summed E-state index contributed by atoms with van der Waals surface area (Å²) in [6.07, 6.45) is 1.16. The number of rotatable bonds is 4. The first-order valence-corrected chi connectivity index (χ1v) is 10.7. The van der Waals surface area contributed by atoms with Crippen molar-refractivity contribution in [1.29, 1.82) is 0 Å². The first-order valence-electron chi connectivity index (χ1n) is 10.7. The molecule has 32 heavy (non-hydrogen) atoms. The molecule has 0 aliphatic heterocycles. The fourth-order valence-corrected chi connectivity index (χ4v) is 4.74. The maximum Gasteiger partial charge on any atom is 0.320 e. The van der Waals surface area contributed by atoms with Crippen LogP contribution in [0.4, 0.5) is 10.6 Å². The van der Waals surface area contributed by atoms with Gasteiger partial charge in [0.25, 0.3) is 5.91 Å². The van der Waals surface area contributed by atoms with Crippen LogP contribution in [0.3, 0.4) is 0 Å². The third kappa shape index (κ3) is 3.06. The van der Waals surface area contributed by atoms with E-state index in [-0.39, 0.29) is 17.0 Å². The summed E-state index contributed by atoms with van der Waals surface area (Å²) in [5, 5.41) is 23.8. The normalized spacial score (nSPS) is 20.0. The van der Waals surface area contributed by atoms with Crippen LogP contribution in [0.25, 0.3) is 5.69 Å². The number of para-hydroxylation sites is 1. The molecule has 1 fully saturated rings. The monoisotopic (exact) mass is 431 g/mol. The topological polar surface area (TPSA) is 108 Å². The molecule has 2 atom stereocenters. The molecule has 0 radical (unpaired) electrons. The van der Waals surface area contributed by atoms with Gasteiger partial charge < -0.3 is 15.7 Å². The number of carbonyl (C=O) groups is 2. The van der Waals surface area contributed by atoms with E-state index in [1.807, 2.05) is 54.6 Å². The molecule has 164 valence electrons. The van der Waals surface area contributed by atoms with E-state index in [4.69, 9.17) is 0 Å². The van der Waals surface area contributed by atoms with Crippen LogP contribution in [0.15, 0.2) is 54.6 Å². The van der Waals surface area contributed by atoms with Crippen molar-refractivity contribution in [3.8, 4) is 5.69 Å². The van der Waals surface area contributed by atoms with Crippen LogP contribution in [-0.4, -0.2) is 40.0 Å². The van der Waals surface area contributed by atoms with E-state index in [2.05, 4.69) is 21.0 Å². The Kier molecular flexibility index (Phi) is 4.74. The van der Waals surface area contributed by atoms with Crippen molar-refractivity contribution in [1.82, 2.24) is 20.4 Å². The van der Waals surface area contributed by atoms with Crippen molar-refractivity contribution >= 4 is 17.8 Å². The minimum Gasteiger partial charge on any atom is -0.390 e. The number of aromatic nitrogens is 2. The second-order valence-corrected chi connectivity index (χ2v) is 8.41. The lowest BCUT2D eigenvalue weighted by Crippen LogP contribution is -2.39. The number of fused-ring (bicyclic) bond motifs is 2. The number of amides is 3. The van der Waals surface area contributed by atoms with Crippen LogP contribution in [0.1, 0.15) is 46.1 Å². The van der Waals surface area contributed by atoms with E-state index in [1.165, 1.54) is 7.05 Å². The van der Waals surface area contributed by atoms with Gasteiger partial charge in [-0.3, -0.25) is 10.1 Å². The highest BCUT2D eigenvalue weighted by Crippen LogP contribution is 2.59. The van der Waals surface area contributed by atoms with E-state index in [1.54, 1.807) is 11.6 Å². The van der Waals surface area contributed by atoms with Crippen molar-refractivity contribution in [2.45, 2.75) is 37.3 Å². The largest absolute Gasteiger partial charge is 0.390 e. The second-order valence-electron chi connectivity index (χ2n) is 8.41. The number of benzene rings is 2. The molecule has 2 aliphatic rings. The molecule has 8 nitrogen and oxygen atoms in total. The van der Waals surface area contributed by atoms with Crippen molar-refractivity contribution in [2.24, 2.45) is 0 Å². The summed E-state index contributed by atoms with van der Waals surface area (Å²) in [7, 11) is 1.54. The lowest BCUT2D eigenvalue weighted by Gasteiger charge is -2.21. The number of nitrogens with one attached hydrogen (secondary N) is 3. The van der Waals surface area contributed by atoms with Crippen molar-refractivity contribution in [2.75, 3.05) is 12.4 Å². The molecule has 0 bridgehead atoms. The third-order valence-electron chi connectivity index (χ3n) is 6.59. The number of carbonyl (C=O) groups excluding carboxylic acids is 2. The molecular formula is C24H25N5O3. The van der Waals surface area contributed by atoms with Gasteiger partial charge in [0.15, 0.2) is 5.69 Å². The average molecular weight is 431 g/mol. The standard InChI is InChI=1S/C24H25N5O3/c1-14-18(22(31)25-2)28-29(15-8-4-3-5-9-15)21(14)27-23(32)26-19-16-10-6-7-11-17(16)24(12-13-24)20(19)30/h3-11,19-20,30H,12-13H2,1-2H3,(H,25,31)(H2,26,27,32)/t19-,20?/m1/s1. The fraction of sp³-hybridized carbons (Fsp3) is 0.292. The Balaban J connectivity index is 1.45. The first kappa shape index (κ1) is 20.3. The lowest BCUT2D eigenvalue weighted by molar-refractivity contribution is 0.0957. The smallest absolute Gasteiger partial charge is 0.320 e. The SMILES string of the molecule is CNC(=O)c1nn(-c2ccccc2)c(NC(=O)N[C@@H]2c3ccccc3C3(CC3)C2O)c1C. The van der Waals surface area contributed by atoms with Gasteiger partial charge in [-0.05, 0) is 43.0 Å². The van der Waals surface area contributed by atoms with Gasteiger partial charge in [-0.25, -0.2) is 9.48 Å². The Bertz CT molecular complexity index is 1200. The van der Waals surface area contributed by atoms with Crippen LogP contribution >= 0.6 is 0 Å². The molecule has 2 aromatic carbocycles. The molecule has 2 aliphatic carbocycles. The van der Waals surface area contributed by atoms with Crippen molar-refractivity contribution in [3.05, 3.63) is 77.0 Å². The average Bonchev–Trinajstić information content (AvgIpc) is 3.52. The molecule has 3 aromatic rings. The minimum absolute atomic E-state index is 0.231. The number of aliphatic hydroxyl groups is 1. The Morgan fingerprint density at radius 2 is 1.78 bits per heavy atom. The van der Waals surface area contributed by atoms with Gasteiger partial charge in [0.1, 0.15) is 5.82 Å². The summed E-state index contributed by atoms with van der Waals surface area (Å²) in [5.41, 5.74) is 3.31. The Morgan fingerprint density at radius 3 is 2.47 bits per heavy atom. The first-order chi connectivity index (χ1) is 15.5. The zero-order chi connectivity index (χ0) is 22.5.